The molecule has 3 N–H and O–H groups in total. The number of rotatable bonds is 6. The normalized spacial score (nSPS) is 11.8. The molecule has 0 radical (unpaired) electrons. The van der Waals surface area contributed by atoms with E-state index in [1.165, 1.54) is 0 Å². The van der Waals surface area contributed by atoms with Gasteiger partial charge in [0.1, 0.15) is 11.5 Å². The molecule has 1 aromatic carbocycles. The number of nitrogens with two attached hydrogens (primary N) is 1. The fourth-order valence-electron chi connectivity index (χ4n) is 1.49. The predicted molar refractivity (Wildman–Crippen MR) is 71.1 cm³/mol. The van der Waals surface area contributed by atoms with Crippen LogP contribution in [0.25, 0.3) is 0 Å². The predicted octanol–water partition coefficient (Wildman–Crippen LogP) is 1.77. The molecule has 1 rings (SSSR count). The summed E-state index contributed by atoms with van der Waals surface area (Å²) in [6.45, 7) is 1.95. The number of methoxy groups -OCH3 is 2. The number of ether oxygens (including phenoxy) is 2. The fraction of sp³-hybridized carbons (Fsp3) is 0.462. The summed E-state index contributed by atoms with van der Waals surface area (Å²) in [5, 5.41) is 2.78. The molecule has 0 heterocycles. The van der Waals surface area contributed by atoms with Crippen LogP contribution in [-0.2, 0) is 4.79 Å². The number of amides is 1. The molecular weight excluding hydrogens is 232 g/mol. The van der Waals surface area contributed by atoms with Crippen LogP contribution >= 0.6 is 0 Å². The first-order chi connectivity index (χ1) is 8.60. The second-order valence-corrected chi connectivity index (χ2v) is 3.99. The molecule has 0 saturated heterocycles. The van der Waals surface area contributed by atoms with E-state index in [9.17, 15) is 4.79 Å². The van der Waals surface area contributed by atoms with Crippen LogP contribution in [-0.4, -0.2) is 26.2 Å². The minimum absolute atomic E-state index is 0.116. The van der Waals surface area contributed by atoms with Gasteiger partial charge in [-0.25, -0.2) is 0 Å². The first-order valence-corrected chi connectivity index (χ1v) is 5.88. The Bertz CT molecular complexity index is 407. The largest absolute Gasteiger partial charge is 0.497 e. The molecule has 1 aromatic rings. The van der Waals surface area contributed by atoms with E-state index >= 15 is 0 Å². The minimum Gasteiger partial charge on any atom is -0.497 e. The topological polar surface area (TPSA) is 73.6 Å². The molecule has 0 aliphatic heterocycles. The zero-order valence-electron chi connectivity index (χ0n) is 11.0. The van der Waals surface area contributed by atoms with E-state index in [-0.39, 0.29) is 11.9 Å². The molecule has 1 amide bonds. The molecule has 18 heavy (non-hydrogen) atoms. The number of carbonyl (C=O) groups excluding carboxylic acids is 1. The van der Waals surface area contributed by atoms with Gasteiger partial charge in [-0.2, -0.15) is 0 Å². The number of hydrogen-bond donors (Lipinski definition) is 2. The Hall–Kier alpha value is -1.75. The number of anilines is 1. The lowest BCUT2D eigenvalue weighted by Crippen LogP contribution is -2.26. The van der Waals surface area contributed by atoms with Gasteiger partial charge in [-0.15, -0.1) is 0 Å². The summed E-state index contributed by atoms with van der Waals surface area (Å²) in [5.41, 5.74) is 6.35. The van der Waals surface area contributed by atoms with Crippen LogP contribution in [0.1, 0.15) is 19.8 Å². The molecule has 0 aliphatic rings. The van der Waals surface area contributed by atoms with E-state index in [0.29, 0.717) is 23.6 Å². The molecule has 0 aromatic heterocycles. The van der Waals surface area contributed by atoms with Crippen molar-refractivity contribution in [1.29, 1.82) is 0 Å². The Kier molecular flexibility index (Phi) is 5.45. The van der Waals surface area contributed by atoms with Gasteiger partial charge in [-0.1, -0.05) is 6.92 Å². The number of hydrogen-bond acceptors (Lipinski definition) is 4. The Morgan fingerprint density at radius 1 is 1.39 bits per heavy atom. The van der Waals surface area contributed by atoms with Gasteiger partial charge in [0.05, 0.1) is 19.9 Å². The van der Waals surface area contributed by atoms with Crippen LogP contribution < -0.4 is 20.5 Å². The van der Waals surface area contributed by atoms with Gasteiger partial charge >= 0.3 is 0 Å². The Labute approximate surface area is 107 Å². The fourth-order valence-corrected chi connectivity index (χ4v) is 1.49. The highest BCUT2D eigenvalue weighted by molar-refractivity contribution is 5.92. The Morgan fingerprint density at radius 2 is 2.11 bits per heavy atom. The van der Waals surface area contributed by atoms with Crippen molar-refractivity contribution in [2.24, 2.45) is 5.73 Å². The van der Waals surface area contributed by atoms with Crippen LogP contribution in [0, 0.1) is 0 Å². The summed E-state index contributed by atoms with van der Waals surface area (Å²) in [7, 11) is 3.12. The summed E-state index contributed by atoms with van der Waals surface area (Å²) >= 11 is 0. The zero-order valence-corrected chi connectivity index (χ0v) is 11.0. The third-order valence-electron chi connectivity index (χ3n) is 2.65. The van der Waals surface area contributed by atoms with E-state index in [4.69, 9.17) is 15.2 Å². The van der Waals surface area contributed by atoms with Gasteiger partial charge in [0.2, 0.25) is 5.91 Å². The van der Waals surface area contributed by atoms with Gasteiger partial charge in [0.15, 0.2) is 0 Å². The van der Waals surface area contributed by atoms with Gasteiger partial charge in [-0.3, -0.25) is 4.79 Å². The van der Waals surface area contributed by atoms with Crippen molar-refractivity contribution in [2.75, 3.05) is 19.5 Å². The van der Waals surface area contributed by atoms with Gasteiger partial charge in [-0.05, 0) is 18.6 Å². The zero-order chi connectivity index (χ0) is 13.5. The highest BCUT2D eigenvalue weighted by Gasteiger charge is 2.11. The van der Waals surface area contributed by atoms with Crippen LogP contribution in [0.3, 0.4) is 0 Å². The van der Waals surface area contributed by atoms with Crippen molar-refractivity contribution in [3.63, 3.8) is 0 Å². The molecule has 1 unspecified atom stereocenters. The maximum absolute atomic E-state index is 11.7. The van der Waals surface area contributed by atoms with E-state index in [0.717, 1.165) is 6.42 Å². The average molecular weight is 252 g/mol. The lowest BCUT2D eigenvalue weighted by atomic mass is 10.1. The van der Waals surface area contributed by atoms with E-state index in [1.54, 1.807) is 32.4 Å². The van der Waals surface area contributed by atoms with Crippen molar-refractivity contribution in [2.45, 2.75) is 25.8 Å². The quantitative estimate of drug-likeness (QED) is 0.809. The molecule has 5 nitrogen and oxygen atoms in total. The summed E-state index contributed by atoms with van der Waals surface area (Å²) in [6, 6.07) is 5.11. The minimum atomic E-state index is -0.118. The maximum Gasteiger partial charge on any atom is 0.226 e. The smallest absolute Gasteiger partial charge is 0.226 e. The molecule has 0 bridgehead atoms. The van der Waals surface area contributed by atoms with Crippen molar-refractivity contribution < 1.29 is 14.3 Å². The summed E-state index contributed by atoms with van der Waals surface area (Å²) in [4.78, 5) is 11.7. The van der Waals surface area contributed by atoms with Crippen LogP contribution in [0.2, 0.25) is 0 Å². The Balaban J connectivity index is 2.74. The van der Waals surface area contributed by atoms with Gasteiger partial charge in [0, 0.05) is 18.5 Å². The molecule has 0 fully saturated rings. The third-order valence-corrected chi connectivity index (χ3v) is 2.65. The summed E-state index contributed by atoms with van der Waals surface area (Å²) in [5.74, 6) is 1.12. The SMILES string of the molecule is CCC(N)CC(=O)Nc1ccc(OC)cc1OC. The third kappa shape index (κ3) is 3.92. The first kappa shape index (κ1) is 14.3. The number of benzene rings is 1. The first-order valence-electron chi connectivity index (χ1n) is 5.88. The monoisotopic (exact) mass is 252 g/mol. The molecule has 100 valence electrons. The molecule has 0 saturated carbocycles. The van der Waals surface area contributed by atoms with Crippen LogP contribution in [0.15, 0.2) is 18.2 Å². The van der Waals surface area contributed by atoms with Crippen LogP contribution in [0.4, 0.5) is 5.69 Å². The van der Waals surface area contributed by atoms with E-state index in [1.807, 2.05) is 6.92 Å². The van der Waals surface area contributed by atoms with Crippen LogP contribution in [0.5, 0.6) is 11.5 Å². The van der Waals surface area contributed by atoms with Crippen molar-refractivity contribution in [1.82, 2.24) is 0 Å². The maximum atomic E-state index is 11.7. The second kappa shape index (κ2) is 6.86. The Morgan fingerprint density at radius 3 is 2.67 bits per heavy atom. The van der Waals surface area contributed by atoms with Crippen molar-refractivity contribution in [3.05, 3.63) is 18.2 Å². The van der Waals surface area contributed by atoms with Crippen molar-refractivity contribution >= 4 is 11.6 Å². The highest BCUT2D eigenvalue weighted by Crippen LogP contribution is 2.29. The molecule has 5 heteroatoms. The molecule has 0 spiro atoms. The summed E-state index contributed by atoms with van der Waals surface area (Å²) in [6.07, 6.45) is 1.07. The lowest BCUT2D eigenvalue weighted by Gasteiger charge is -2.13. The standard InChI is InChI=1S/C13H20N2O3/c1-4-9(14)7-13(16)15-11-6-5-10(17-2)8-12(11)18-3/h5-6,8-9H,4,7,14H2,1-3H3,(H,15,16). The second-order valence-electron chi connectivity index (χ2n) is 3.99. The summed E-state index contributed by atoms with van der Waals surface area (Å²) < 4.78 is 10.3. The molecule has 1 atom stereocenters. The van der Waals surface area contributed by atoms with Gasteiger partial charge < -0.3 is 20.5 Å². The highest BCUT2D eigenvalue weighted by atomic mass is 16.5. The number of nitrogens with one attached hydrogen (secondary N) is 1. The molecular formula is C13H20N2O3. The lowest BCUT2D eigenvalue weighted by molar-refractivity contribution is -0.116. The van der Waals surface area contributed by atoms with E-state index in [2.05, 4.69) is 5.32 Å². The average Bonchev–Trinajstić information content (AvgIpc) is 2.38. The molecule has 0 aliphatic carbocycles. The van der Waals surface area contributed by atoms with Gasteiger partial charge in [0.25, 0.3) is 0 Å². The number of carbonyl (C=O) groups is 1. The van der Waals surface area contributed by atoms with Crippen molar-refractivity contribution in [3.8, 4) is 11.5 Å². The van der Waals surface area contributed by atoms with E-state index < -0.39 is 0 Å².